The topological polar surface area (TPSA) is 86.6 Å². The number of rotatable bonds is 6. The molecule has 3 N–H and O–H groups in total. The molecule has 0 heterocycles. The summed E-state index contributed by atoms with van der Waals surface area (Å²) in [6, 6.07) is 3.87. The number of nitrogens with one attached hydrogen (secondary N) is 1. The van der Waals surface area contributed by atoms with E-state index in [1.54, 1.807) is 6.92 Å². The number of hydrogen-bond donors (Lipinski definition) is 3. The maximum Gasteiger partial charge on any atom is 0.241 e. The van der Waals surface area contributed by atoms with Crippen LogP contribution in [0.4, 0.5) is 0 Å². The van der Waals surface area contributed by atoms with Crippen LogP contribution in [-0.2, 0) is 10.0 Å². The highest BCUT2D eigenvalue weighted by atomic mass is 35.5. The van der Waals surface area contributed by atoms with Crippen molar-refractivity contribution < 1.29 is 18.6 Å². The smallest absolute Gasteiger partial charge is 0.241 e. The van der Waals surface area contributed by atoms with Gasteiger partial charge in [-0.05, 0) is 24.6 Å². The van der Waals surface area contributed by atoms with Gasteiger partial charge in [0, 0.05) is 0 Å². The van der Waals surface area contributed by atoms with Gasteiger partial charge in [-0.3, -0.25) is 0 Å². The van der Waals surface area contributed by atoms with Crippen molar-refractivity contribution in [3.05, 3.63) is 28.2 Å². The Morgan fingerprint density at radius 3 is 2.21 bits per heavy atom. The van der Waals surface area contributed by atoms with Crippen molar-refractivity contribution in [2.75, 3.05) is 13.2 Å². The quantitative estimate of drug-likeness (QED) is 0.737. The van der Waals surface area contributed by atoms with Crippen molar-refractivity contribution in [3.63, 3.8) is 0 Å². The minimum absolute atomic E-state index is 0.0818. The fourth-order valence-electron chi connectivity index (χ4n) is 1.40. The van der Waals surface area contributed by atoms with Crippen molar-refractivity contribution in [1.82, 2.24) is 4.72 Å². The van der Waals surface area contributed by atoms with Gasteiger partial charge >= 0.3 is 0 Å². The minimum atomic E-state index is -3.91. The second-order valence-corrected chi connectivity index (χ2v) is 6.63. The predicted octanol–water partition coefficient (Wildman–Crippen LogP) is 1.41. The Balaban J connectivity index is 3.14. The van der Waals surface area contributed by atoms with Gasteiger partial charge in [-0.2, -0.15) is 0 Å². The third-order valence-electron chi connectivity index (χ3n) is 2.83. The van der Waals surface area contributed by atoms with E-state index in [0.29, 0.717) is 0 Å². The minimum Gasteiger partial charge on any atom is -0.394 e. The third-order valence-corrected chi connectivity index (χ3v) is 5.15. The number of halogens is 2. The molecule has 0 spiro atoms. The van der Waals surface area contributed by atoms with E-state index >= 15 is 0 Å². The van der Waals surface area contributed by atoms with Crippen LogP contribution in [0, 0.1) is 0 Å². The van der Waals surface area contributed by atoms with Crippen LogP contribution in [0.25, 0.3) is 0 Å². The Bertz CT molecular complexity index is 535. The molecule has 0 saturated heterocycles. The lowest BCUT2D eigenvalue weighted by Gasteiger charge is -2.29. The summed E-state index contributed by atoms with van der Waals surface area (Å²) >= 11 is 11.5. The number of aliphatic hydroxyl groups excluding tert-OH is 2. The van der Waals surface area contributed by atoms with Gasteiger partial charge in [0.25, 0.3) is 0 Å². The van der Waals surface area contributed by atoms with Crippen LogP contribution in [-0.4, -0.2) is 37.4 Å². The van der Waals surface area contributed by atoms with E-state index in [-0.39, 0.29) is 21.4 Å². The van der Waals surface area contributed by atoms with E-state index in [2.05, 4.69) is 4.72 Å². The number of benzene rings is 1. The zero-order valence-electron chi connectivity index (χ0n) is 10.2. The van der Waals surface area contributed by atoms with Gasteiger partial charge in [-0.25, -0.2) is 13.1 Å². The van der Waals surface area contributed by atoms with E-state index in [1.807, 2.05) is 0 Å². The van der Waals surface area contributed by atoms with Crippen LogP contribution in [0.5, 0.6) is 0 Å². The predicted molar refractivity (Wildman–Crippen MR) is 74.0 cm³/mol. The maximum atomic E-state index is 12.2. The van der Waals surface area contributed by atoms with Gasteiger partial charge in [0.1, 0.15) is 0 Å². The first-order valence-corrected chi connectivity index (χ1v) is 7.75. The summed E-state index contributed by atoms with van der Waals surface area (Å²) in [4.78, 5) is -0.0818. The first-order valence-electron chi connectivity index (χ1n) is 5.51. The number of hydrogen-bond acceptors (Lipinski definition) is 4. The van der Waals surface area contributed by atoms with Crippen molar-refractivity contribution >= 4 is 33.2 Å². The Morgan fingerprint density at radius 1 is 1.21 bits per heavy atom. The van der Waals surface area contributed by atoms with E-state index in [0.717, 1.165) is 0 Å². The zero-order valence-corrected chi connectivity index (χ0v) is 12.6. The molecule has 0 aliphatic heterocycles. The molecule has 1 aromatic rings. The van der Waals surface area contributed by atoms with E-state index in [1.165, 1.54) is 18.2 Å². The van der Waals surface area contributed by atoms with Gasteiger partial charge in [-0.1, -0.05) is 30.1 Å². The average Bonchev–Trinajstić information content (AvgIpc) is 2.39. The van der Waals surface area contributed by atoms with Crippen LogP contribution in [0.15, 0.2) is 23.1 Å². The summed E-state index contributed by atoms with van der Waals surface area (Å²) in [6.07, 6.45) is 0.237. The van der Waals surface area contributed by atoms with E-state index < -0.39 is 28.8 Å². The Labute approximate surface area is 122 Å². The molecule has 5 nitrogen and oxygen atoms in total. The molecule has 0 amide bonds. The summed E-state index contributed by atoms with van der Waals surface area (Å²) < 4.78 is 26.6. The molecule has 0 aliphatic carbocycles. The molecule has 0 unspecified atom stereocenters. The van der Waals surface area contributed by atoms with Gasteiger partial charge in [0.05, 0.1) is 33.7 Å². The summed E-state index contributed by atoms with van der Waals surface area (Å²) in [6.45, 7) is 0.630. The highest BCUT2D eigenvalue weighted by Gasteiger charge is 2.32. The monoisotopic (exact) mass is 327 g/mol. The second-order valence-electron chi connectivity index (χ2n) is 4.13. The number of sulfonamides is 1. The molecule has 0 aromatic heterocycles. The van der Waals surface area contributed by atoms with Crippen molar-refractivity contribution in [3.8, 4) is 0 Å². The van der Waals surface area contributed by atoms with Crippen LogP contribution < -0.4 is 4.72 Å². The van der Waals surface area contributed by atoms with Crippen molar-refractivity contribution in [2.45, 2.75) is 23.8 Å². The summed E-state index contributed by atoms with van der Waals surface area (Å²) in [5.74, 6) is 0. The van der Waals surface area contributed by atoms with Crippen LogP contribution in [0.2, 0.25) is 10.0 Å². The van der Waals surface area contributed by atoms with Gasteiger partial charge in [0.15, 0.2) is 0 Å². The zero-order chi connectivity index (χ0) is 14.7. The van der Waals surface area contributed by atoms with E-state index in [4.69, 9.17) is 23.2 Å². The summed E-state index contributed by atoms with van der Waals surface area (Å²) in [5, 5.41) is 18.9. The molecule has 19 heavy (non-hydrogen) atoms. The Morgan fingerprint density at radius 2 is 1.79 bits per heavy atom. The van der Waals surface area contributed by atoms with Crippen LogP contribution in [0.1, 0.15) is 13.3 Å². The summed E-state index contributed by atoms with van der Waals surface area (Å²) in [5.41, 5.74) is -1.30. The largest absolute Gasteiger partial charge is 0.394 e. The Kier molecular flexibility index (Phi) is 5.61. The van der Waals surface area contributed by atoms with Gasteiger partial charge in [-0.15, -0.1) is 0 Å². The lowest BCUT2D eigenvalue weighted by Crippen LogP contribution is -2.53. The lowest BCUT2D eigenvalue weighted by atomic mass is 10.0. The molecular formula is C11H15Cl2NO4S. The normalized spacial score (nSPS) is 12.7. The first-order chi connectivity index (χ1) is 8.80. The standard InChI is InChI=1S/C11H15Cl2NO4S/c1-2-11(6-15,7-16)14-19(17,18)8-3-4-9(12)10(13)5-8/h3-5,14-16H,2,6-7H2,1H3. The Hall–Kier alpha value is -0.370. The van der Waals surface area contributed by atoms with Crippen LogP contribution in [0.3, 0.4) is 0 Å². The molecule has 1 rings (SSSR count). The number of aliphatic hydroxyl groups is 2. The molecule has 0 saturated carbocycles. The van der Waals surface area contributed by atoms with Crippen molar-refractivity contribution in [2.24, 2.45) is 0 Å². The average molecular weight is 328 g/mol. The molecular weight excluding hydrogens is 313 g/mol. The van der Waals surface area contributed by atoms with Gasteiger partial charge in [0.2, 0.25) is 10.0 Å². The SMILES string of the molecule is CCC(CO)(CO)NS(=O)(=O)c1ccc(Cl)c(Cl)c1. The molecule has 108 valence electrons. The van der Waals surface area contributed by atoms with E-state index in [9.17, 15) is 18.6 Å². The molecule has 0 aliphatic rings. The summed E-state index contributed by atoms with van der Waals surface area (Å²) in [7, 11) is -3.91. The maximum absolute atomic E-state index is 12.2. The highest BCUT2D eigenvalue weighted by molar-refractivity contribution is 7.89. The molecule has 1 aromatic carbocycles. The second kappa shape index (κ2) is 6.39. The lowest BCUT2D eigenvalue weighted by molar-refractivity contribution is 0.105. The third kappa shape index (κ3) is 3.81. The molecule has 0 bridgehead atoms. The highest BCUT2D eigenvalue weighted by Crippen LogP contribution is 2.25. The fraction of sp³-hybridized carbons (Fsp3) is 0.455. The van der Waals surface area contributed by atoms with Gasteiger partial charge < -0.3 is 10.2 Å². The van der Waals surface area contributed by atoms with Crippen molar-refractivity contribution in [1.29, 1.82) is 0 Å². The van der Waals surface area contributed by atoms with Crippen LogP contribution >= 0.6 is 23.2 Å². The first kappa shape index (κ1) is 16.7. The molecule has 8 heteroatoms. The fourth-order valence-corrected chi connectivity index (χ4v) is 3.24. The molecule has 0 atom stereocenters. The molecule has 0 radical (unpaired) electrons. The molecule has 0 fully saturated rings.